The number of nitrogens with zero attached hydrogens (tertiary/aromatic N) is 1. The molecule has 0 bridgehead atoms. The van der Waals surface area contributed by atoms with Crippen molar-refractivity contribution in [1.29, 1.82) is 0 Å². The van der Waals surface area contributed by atoms with E-state index in [1.54, 1.807) is 0 Å². The molecule has 348 valence electrons. The molecule has 0 radical (unpaired) electrons. The Labute approximate surface area is 362 Å². The van der Waals surface area contributed by atoms with Crippen LogP contribution in [0.1, 0.15) is 245 Å². The summed E-state index contributed by atoms with van der Waals surface area (Å²) in [6.45, 7) is 9.95. The van der Waals surface area contributed by atoms with Gasteiger partial charge in [-0.25, -0.2) is 4.79 Å². The topological polar surface area (TPSA) is 140 Å². The number of esters is 1. The monoisotopic (exact) mass is 840 g/mol. The SMILES string of the molecule is CCCCCCCCCCCCC(CCOC(=O)CCCCCCC(CCCCCCCCC(=O)O)CCCCCCCCC(=O)O)OC(=O)OCCCN(CC)CC. The van der Waals surface area contributed by atoms with E-state index in [1.165, 1.54) is 116 Å². The summed E-state index contributed by atoms with van der Waals surface area (Å²) >= 11 is 0. The highest BCUT2D eigenvalue weighted by Crippen LogP contribution is 2.25. The van der Waals surface area contributed by atoms with Crippen molar-refractivity contribution >= 4 is 24.1 Å². The molecule has 0 saturated carbocycles. The molecular formula is C49H93NO9. The van der Waals surface area contributed by atoms with Crippen molar-refractivity contribution in [1.82, 2.24) is 4.90 Å². The highest BCUT2D eigenvalue weighted by atomic mass is 16.7. The van der Waals surface area contributed by atoms with Gasteiger partial charge in [0.25, 0.3) is 0 Å². The van der Waals surface area contributed by atoms with E-state index >= 15 is 0 Å². The summed E-state index contributed by atoms with van der Waals surface area (Å²) in [7, 11) is 0. The number of aliphatic carboxylic acids is 2. The van der Waals surface area contributed by atoms with E-state index in [0.29, 0.717) is 19.4 Å². The van der Waals surface area contributed by atoms with E-state index in [-0.39, 0.29) is 31.5 Å². The molecule has 0 spiro atoms. The van der Waals surface area contributed by atoms with Crippen LogP contribution in [0.5, 0.6) is 0 Å². The molecule has 0 aromatic heterocycles. The van der Waals surface area contributed by atoms with Crippen LogP contribution in [0.4, 0.5) is 4.79 Å². The molecule has 0 fully saturated rings. The van der Waals surface area contributed by atoms with Crippen LogP contribution in [-0.4, -0.2) is 78.1 Å². The van der Waals surface area contributed by atoms with Crippen LogP contribution < -0.4 is 0 Å². The molecule has 59 heavy (non-hydrogen) atoms. The third kappa shape index (κ3) is 42.1. The predicted octanol–water partition coefficient (Wildman–Crippen LogP) is 13.9. The van der Waals surface area contributed by atoms with Crippen LogP contribution in [0.15, 0.2) is 0 Å². The first-order valence-electron chi connectivity index (χ1n) is 24.9. The van der Waals surface area contributed by atoms with Gasteiger partial charge in [-0.2, -0.15) is 0 Å². The molecule has 0 heterocycles. The zero-order valence-electron chi connectivity index (χ0n) is 38.6. The molecule has 2 N–H and O–H groups in total. The summed E-state index contributed by atoms with van der Waals surface area (Å²) in [6, 6.07) is 0. The molecule has 0 aromatic rings. The molecular weight excluding hydrogens is 747 g/mol. The molecule has 10 heteroatoms. The minimum atomic E-state index is -0.703. The second-order valence-corrected chi connectivity index (χ2v) is 17.1. The number of carboxylic acid groups (broad SMARTS) is 2. The number of carbonyl (C=O) groups is 4. The summed E-state index contributed by atoms with van der Waals surface area (Å²) in [6.07, 6.45) is 35.4. The lowest BCUT2D eigenvalue weighted by molar-refractivity contribution is -0.144. The standard InChI is InChI=1S/C49H93NO9/c1-4-7-8-9-10-11-12-13-20-28-36-45(59-49(56)58-42-32-41-50(5-2)6-3)40-43-57-48(55)39-31-24-23-27-35-44(33-25-18-14-16-21-29-37-46(51)52)34-26-19-15-17-22-30-38-47(53)54/h44-45H,4-43H2,1-3H3,(H,51,52)(H,53,54). The largest absolute Gasteiger partial charge is 0.508 e. The highest BCUT2D eigenvalue weighted by molar-refractivity contribution is 5.69. The fraction of sp³-hybridized carbons (Fsp3) is 0.918. The summed E-state index contributed by atoms with van der Waals surface area (Å²) in [5.41, 5.74) is 0. The first-order chi connectivity index (χ1) is 28.7. The molecule has 0 aliphatic heterocycles. The minimum Gasteiger partial charge on any atom is -0.481 e. The van der Waals surface area contributed by atoms with Crippen LogP contribution in [0.3, 0.4) is 0 Å². The van der Waals surface area contributed by atoms with Crippen molar-refractivity contribution in [3.63, 3.8) is 0 Å². The van der Waals surface area contributed by atoms with Crippen LogP contribution >= 0.6 is 0 Å². The maximum Gasteiger partial charge on any atom is 0.508 e. The quantitative estimate of drug-likeness (QED) is 0.0450. The number of hydrogen-bond donors (Lipinski definition) is 2. The van der Waals surface area contributed by atoms with Gasteiger partial charge >= 0.3 is 24.1 Å². The molecule has 0 amide bonds. The third-order valence-electron chi connectivity index (χ3n) is 11.8. The number of carboxylic acids is 2. The van der Waals surface area contributed by atoms with Crippen LogP contribution in [0, 0.1) is 5.92 Å². The average molecular weight is 840 g/mol. The first-order valence-corrected chi connectivity index (χ1v) is 24.9. The first kappa shape index (κ1) is 56.6. The van der Waals surface area contributed by atoms with Gasteiger partial charge in [0.15, 0.2) is 0 Å². The van der Waals surface area contributed by atoms with E-state index in [2.05, 4.69) is 25.7 Å². The van der Waals surface area contributed by atoms with Crippen molar-refractivity contribution in [2.45, 2.75) is 252 Å². The maximum atomic E-state index is 12.6. The fourth-order valence-corrected chi connectivity index (χ4v) is 7.97. The lowest BCUT2D eigenvalue weighted by Crippen LogP contribution is -2.26. The number of rotatable bonds is 46. The van der Waals surface area contributed by atoms with Crippen LogP contribution in [0.2, 0.25) is 0 Å². The molecule has 1 unspecified atom stereocenters. The Morgan fingerprint density at radius 2 is 0.847 bits per heavy atom. The lowest BCUT2D eigenvalue weighted by Gasteiger charge is -2.19. The summed E-state index contributed by atoms with van der Waals surface area (Å²) in [5.74, 6) is -0.859. The average Bonchev–Trinajstić information content (AvgIpc) is 3.21. The molecule has 0 aliphatic carbocycles. The van der Waals surface area contributed by atoms with Gasteiger partial charge in [-0.3, -0.25) is 14.4 Å². The molecule has 0 aliphatic rings. The van der Waals surface area contributed by atoms with E-state index < -0.39 is 18.1 Å². The van der Waals surface area contributed by atoms with Gasteiger partial charge in [0.05, 0.1) is 13.2 Å². The van der Waals surface area contributed by atoms with Crippen LogP contribution in [-0.2, 0) is 28.6 Å². The Kier molecular flexibility index (Phi) is 42.0. The summed E-state index contributed by atoms with van der Waals surface area (Å²) < 4.78 is 16.8. The Morgan fingerprint density at radius 3 is 1.29 bits per heavy atom. The third-order valence-corrected chi connectivity index (χ3v) is 11.8. The molecule has 1 atom stereocenters. The lowest BCUT2D eigenvalue weighted by atomic mass is 9.89. The number of hydrogen-bond acceptors (Lipinski definition) is 8. The van der Waals surface area contributed by atoms with Crippen molar-refractivity contribution < 1.29 is 43.6 Å². The van der Waals surface area contributed by atoms with Gasteiger partial charge in [0, 0.05) is 32.2 Å². The van der Waals surface area contributed by atoms with Gasteiger partial charge in [-0.1, -0.05) is 181 Å². The minimum absolute atomic E-state index is 0.175. The van der Waals surface area contributed by atoms with Gasteiger partial charge in [0.1, 0.15) is 6.10 Å². The molecule has 0 rings (SSSR count). The second kappa shape index (κ2) is 43.7. The smallest absolute Gasteiger partial charge is 0.481 e. The molecule has 0 aromatic carbocycles. The van der Waals surface area contributed by atoms with E-state index in [4.69, 9.17) is 24.4 Å². The Hall–Kier alpha value is -2.36. The Balaban J connectivity index is 4.54. The van der Waals surface area contributed by atoms with Crippen molar-refractivity contribution in [3.05, 3.63) is 0 Å². The van der Waals surface area contributed by atoms with Gasteiger partial charge < -0.3 is 29.3 Å². The van der Waals surface area contributed by atoms with Gasteiger partial charge in [-0.05, 0) is 57.5 Å². The second-order valence-electron chi connectivity index (χ2n) is 17.1. The zero-order chi connectivity index (χ0) is 43.4. The van der Waals surface area contributed by atoms with Gasteiger partial charge in [-0.15, -0.1) is 0 Å². The van der Waals surface area contributed by atoms with E-state index in [9.17, 15) is 19.2 Å². The fourth-order valence-electron chi connectivity index (χ4n) is 7.97. The predicted molar refractivity (Wildman–Crippen MR) is 241 cm³/mol. The van der Waals surface area contributed by atoms with Gasteiger partial charge in [0.2, 0.25) is 0 Å². The van der Waals surface area contributed by atoms with E-state index in [1.807, 2.05) is 0 Å². The summed E-state index contributed by atoms with van der Waals surface area (Å²) in [4.78, 5) is 48.9. The Morgan fingerprint density at radius 1 is 0.441 bits per heavy atom. The van der Waals surface area contributed by atoms with Crippen molar-refractivity contribution in [2.24, 2.45) is 5.92 Å². The zero-order valence-corrected chi connectivity index (χ0v) is 38.6. The van der Waals surface area contributed by atoms with Crippen LogP contribution in [0.25, 0.3) is 0 Å². The van der Waals surface area contributed by atoms with Crippen molar-refractivity contribution in [3.8, 4) is 0 Å². The number of ether oxygens (including phenoxy) is 3. The Bertz CT molecular complexity index is 943. The number of unbranched alkanes of at least 4 members (excludes halogenated alkanes) is 22. The number of carbonyl (C=O) groups excluding carboxylic acids is 2. The van der Waals surface area contributed by atoms with E-state index in [0.717, 1.165) is 109 Å². The normalized spacial score (nSPS) is 11.9. The maximum absolute atomic E-state index is 12.6. The summed E-state index contributed by atoms with van der Waals surface area (Å²) in [5, 5.41) is 17.7. The molecule has 0 saturated heterocycles. The molecule has 10 nitrogen and oxygen atoms in total. The van der Waals surface area contributed by atoms with Crippen molar-refractivity contribution in [2.75, 3.05) is 32.8 Å². The highest BCUT2D eigenvalue weighted by Gasteiger charge is 2.17.